The summed E-state index contributed by atoms with van der Waals surface area (Å²) in [6.45, 7) is 1.60. The summed E-state index contributed by atoms with van der Waals surface area (Å²) in [5.41, 5.74) is 3.22. The van der Waals surface area contributed by atoms with Crippen molar-refractivity contribution in [2.75, 3.05) is 0 Å². The molecular weight excluding hydrogens is 340 g/mol. The van der Waals surface area contributed by atoms with E-state index in [-0.39, 0.29) is 12.0 Å². The van der Waals surface area contributed by atoms with Crippen LogP contribution in [0.2, 0.25) is 0 Å². The van der Waals surface area contributed by atoms with Crippen LogP contribution in [0.25, 0.3) is 21.8 Å². The number of hydrogen-bond donors (Lipinski definition) is 3. The standard InChI is InChI=1S/C19H12N2O.C3H6O2/c22-19-18-15(10-11-20-18)16-12-14(8-9-17(16)21-19)7-6-13-4-2-1-3-5-13;1-2-3(4)5/h1-5,8-12,20H,(H,21,22);2H2,1H3,(H,4,5). The maximum Gasteiger partial charge on any atom is 0.303 e. The van der Waals surface area contributed by atoms with E-state index < -0.39 is 5.97 Å². The molecule has 27 heavy (non-hydrogen) atoms. The van der Waals surface area contributed by atoms with E-state index in [1.165, 1.54) is 0 Å². The third-order valence-electron chi connectivity index (χ3n) is 3.96. The van der Waals surface area contributed by atoms with Crippen LogP contribution in [0.3, 0.4) is 0 Å². The van der Waals surface area contributed by atoms with E-state index in [0.717, 1.165) is 27.4 Å². The van der Waals surface area contributed by atoms with Crippen LogP contribution >= 0.6 is 0 Å². The van der Waals surface area contributed by atoms with Crippen molar-refractivity contribution in [3.63, 3.8) is 0 Å². The topological polar surface area (TPSA) is 85.9 Å². The number of aromatic amines is 2. The lowest BCUT2D eigenvalue weighted by molar-refractivity contribution is -0.136. The maximum absolute atomic E-state index is 11.9. The monoisotopic (exact) mass is 358 g/mol. The predicted molar refractivity (Wildman–Crippen MR) is 107 cm³/mol. The van der Waals surface area contributed by atoms with Crippen LogP contribution in [0, 0.1) is 11.8 Å². The molecule has 0 saturated heterocycles. The van der Waals surface area contributed by atoms with Gasteiger partial charge < -0.3 is 15.1 Å². The number of pyridine rings is 1. The zero-order valence-electron chi connectivity index (χ0n) is 14.7. The number of carboxylic acid groups (broad SMARTS) is 1. The van der Waals surface area contributed by atoms with Crippen LogP contribution < -0.4 is 5.56 Å². The second-order valence-electron chi connectivity index (χ2n) is 5.84. The number of aliphatic carboxylic acids is 1. The van der Waals surface area contributed by atoms with Gasteiger partial charge >= 0.3 is 5.97 Å². The van der Waals surface area contributed by atoms with Gasteiger partial charge in [-0.25, -0.2) is 0 Å². The summed E-state index contributed by atoms with van der Waals surface area (Å²) < 4.78 is 0. The molecule has 0 fully saturated rings. The third kappa shape index (κ3) is 4.25. The summed E-state index contributed by atoms with van der Waals surface area (Å²) in [6.07, 6.45) is 2.00. The van der Waals surface area contributed by atoms with Crippen LogP contribution in [0.15, 0.2) is 65.6 Å². The van der Waals surface area contributed by atoms with E-state index in [1.54, 1.807) is 13.1 Å². The Morgan fingerprint density at radius 2 is 1.70 bits per heavy atom. The largest absolute Gasteiger partial charge is 0.481 e. The van der Waals surface area contributed by atoms with Gasteiger partial charge in [-0.2, -0.15) is 0 Å². The van der Waals surface area contributed by atoms with Gasteiger partial charge in [-0.3, -0.25) is 9.59 Å². The quantitative estimate of drug-likeness (QED) is 0.451. The van der Waals surface area contributed by atoms with Crippen LogP contribution in [-0.4, -0.2) is 21.0 Å². The maximum atomic E-state index is 11.9. The zero-order valence-corrected chi connectivity index (χ0v) is 14.7. The summed E-state index contributed by atoms with van der Waals surface area (Å²) in [7, 11) is 0. The Morgan fingerprint density at radius 3 is 2.41 bits per heavy atom. The molecule has 0 aliphatic rings. The lowest BCUT2D eigenvalue weighted by Gasteiger charge is -2.00. The average molecular weight is 358 g/mol. The molecule has 0 amide bonds. The molecule has 5 heteroatoms. The molecule has 4 aromatic rings. The van der Waals surface area contributed by atoms with Crippen molar-refractivity contribution in [2.24, 2.45) is 0 Å². The lowest BCUT2D eigenvalue weighted by atomic mass is 10.1. The fourth-order valence-electron chi connectivity index (χ4n) is 2.59. The van der Waals surface area contributed by atoms with E-state index in [2.05, 4.69) is 21.8 Å². The normalized spacial score (nSPS) is 9.96. The van der Waals surface area contributed by atoms with Crippen molar-refractivity contribution in [2.45, 2.75) is 13.3 Å². The van der Waals surface area contributed by atoms with E-state index in [4.69, 9.17) is 5.11 Å². The van der Waals surface area contributed by atoms with Gasteiger partial charge in [0.15, 0.2) is 0 Å². The van der Waals surface area contributed by atoms with Gasteiger partial charge in [-0.05, 0) is 36.4 Å². The average Bonchev–Trinajstić information content (AvgIpc) is 3.19. The molecule has 3 N–H and O–H groups in total. The number of carbonyl (C=O) groups is 1. The SMILES string of the molecule is CCC(=O)O.O=c1[nH]c2ccc(C#Cc3ccccc3)cc2c2cc[nH]c12. The van der Waals surface area contributed by atoms with Gasteiger partial charge in [0.1, 0.15) is 5.52 Å². The highest BCUT2D eigenvalue weighted by Gasteiger charge is 2.05. The Balaban J connectivity index is 0.000000376. The smallest absolute Gasteiger partial charge is 0.303 e. The van der Waals surface area contributed by atoms with Gasteiger partial charge in [0.25, 0.3) is 5.56 Å². The Labute approximate surface area is 155 Å². The first-order chi connectivity index (χ1) is 13.1. The second-order valence-corrected chi connectivity index (χ2v) is 5.84. The van der Waals surface area contributed by atoms with E-state index in [1.807, 2.05) is 54.6 Å². The summed E-state index contributed by atoms with van der Waals surface area (Å²) in [6, 6.07) is 17.6. The highest BCUT2D eigenvalue weighted by Crippen LogP contribution is 2.21. The molecule has 2 aromatic carbocycles. The van der Waals surface area contributed by atoms with Crippen LogP contribution in [0.1, 0.15) is 24.5 Å². The third-order valence-corrected chi connectivity index (χ3v) is 3.96. The molecule has 0 radical (unpaired) electrons. The van der Waals surface area contributed by atoms with Gasteiger partial charge in [0.05, 0.1) is 0 Å². The van der Waals surface area contributed by atoms with Gasteiger partial charge in [-0.15, -0.1) is 0 Å². The summed E-state index contributed by atoms with van der Waals surface area (Å²) >= 11 is 0. The summed E-state index contributed by atoms with van der Waals surface area (Å²) in [5.74, 6) is 5.58. The number of fused-ring (bicyclic) bond motifs is 3. The molecule has 5 nitrogen and oxygen atoms in total. The fourth-order valence-corrected chi connectivity index (χ4v) is 2.59. The van der Waals surface area contributed by atoms with Crippen molar-refractivity contribution >= 4 is 27.8 Å². The highest BCUT2D eigenvalue weighted by atomic mass is 16.4. The molecule has 0 aliphatic heterocycles. The Morgan fingerprint density at radius 1 is 1.00 bits per heavy atom. The Bertz CT molecular complexity index is 1210. The molecule has 2 heterocycles. The molecule has 4 rings (SSSR count). The molecule has 134 valence electrons. The first-order valence-corrected chi connectivity index (χ1v) is 8.50. The molecule has 0 atom stereocenters. The van der Waals surface area contributed by atoms with E-state index in [0.29, 0.717) is 5.52 Å². The number of rotatable bonds is 1. The van der Waals surface area contributed by atoms with Crippen molar-refractivity contribution in [3.8, 4) is 11.8 Å². The summed E-state index contributed by atoms with van der Waals surface area (Å²) in [4.78, 5) is 27.2. The van der Waals surface area contributed by atoms with Gasteiger partial charge in [0.2, 0.25) is 0 Å². The van der Waals surface area contributed by atoms with E-state index in [9.17, 15) is 9.59 Å². The first-order valence-electron chi connectivity index (χ1n) is 8.50. The number of benzene rings is 2. The minimum atomic E-state index is -0.745. The minimum absolute atomic E-state index is 0.101. The van der Waals surface area contributed by atoms with Crippen molar-refractivity contribution in [1.82, 2.24) is 9.97 Å². The fraction of sp³-hybridized carbons (Fsp3) is 0.0909. The van der Waals surface area contributed by atoms with Crippen LogP contribution in [-0.2, 0) is 4.79 Å². The van der Waals surface area contributed by atoms with Gasteiger partial charge in [0, 0.05) is 40.0 Å². The Hall–Kier alpha value is -3.78. The molecule has 0 bridgehead atoms. The van der Waals surface area contributed by atoms with Crippen LogP contribution in [0.4, 0.5) is 0 Å². The van der Waals surface area contributed by atoms with Crippen molar-refractivity contribution in [3.05, 3.63) is 82.3 Å². The molecular formula is C22H18N2O3. The number of carboxylic acids is 1. The van der Waals surface area contributed by atoms with Crippen molar-refractivity contribution in [1.29, 1.82) is 0 Å². The van der Waals surface area contributed by atoms with Crippen LogP contribution in [0.5, 0.6) is 0 Å². The molecule has 0 unspecified atom stereocenters. The Kier molecular flexibility index (Phi) is 5.38. The number of hydrogen-bond acceptors (Lipinski definition) is 2. The molecule has 0 spiro atoms. The predicted octanol–water partition coefficient (Wildman–Crippen LogP) is 3.89. The highest BCUT2D eigenvalue weighted by molar-refractivity contribution is 6.04. The molecule has 0 aliphatic carbocycles. The number of nitrogens with one attached hydrogen (secondary N) is 2. The molecule has 0 saturated carbocycles. The van der Waals surface area contributed by atoms with Gasteiger partial charge in [-0.1, -0.05) is 37.0 Å². The first kappa shape index (κ1) is 18.0. The number of H-pyrrole nitrogens is 2. The van der Waals surface area contributed by atoms with E-state index >= 15 is 0 Å². The number of aromatic nitrogens is 2. The zero-order chi connectivity index (χ0) is 19.2. The minimum Gasteiger partial charge on any atom is -0.481 e. The summed E-state index contributed by atoms with van der Waals surface area (Å²) in [5, 5.41) is 9.64. The van der Waals surface area contributed by atoms with Crippen molar-refractivity contribution < 1.29 is 9.90 Å². The second kappa shape index (κ2) is 8.07. The lowest BCUT2D eigenvalue weighted by Crippen LogP contribution is -2.05. The molecule has 2 aromatic heterocycles.